The van der Waals surface area contributed by atoms with E-state index in [0.717, 1.165) is 13.1 Å². The summed E-state index contributed by atoms with van der Waals surface area (Å²) in [6.07, 6.45) is 0.364. The molecule has 2 rings (SSSR count). The Hall–Kier alpha value is -1.63. The number of anilines is 3. The van der Waals surface area contributed by atoms with Crippen LogP contribution in [0.1, 0.15) is 13.8 Å². The van der Waals surface area contributed by atoms with Gasteiger partial charge >= 0.3 is 0 Å². The summed E-state index contributed by atoms with van der Waals surface area (Å²) in [6, 6.07) is 0. The van der Waals surface area contributed by atoms with Crippen LogP contribution in [0, 0.1) is 0 Å². The van der Waals surface area contributed by atoms with Crippen molar-refractivity contribution >= 4 is 17.8 Å². The van der Waals surface area contributed by atoms with Gasteiger partial charge in [0.2, 0.25) is 17.8 Å². The van der Waals surface area contributed by atoms with E-state index in [2.05, 4.69) is 39.0 Å². The number of nitrogens with zero attached hydrogens (tertiary/aromatic N) is 5. The second-order valence-corrected chi connectivity index (χ2v) is 5.07. The molecule has 7 heteroatoms. The molecule has 0 unspecified atom stereocenters. The molecule has 0 aromatic carbocycles. The molecule has 1 saturated heterocycles. The fraction of sp³-hybridized carbons (Fsp3) is 0.750. The van der Waals surface area contributed by atoms with Crippen LogP contribution < -0.4 is 15.1 Å². The van der Waals surface area contributed by atoms with E-state index < -0.39 is 0 Å². The SMILES string of the molecule is CNc1nc(N(C)C)nc(N2C[C@@H](C)O[C@@H](C)C2)n1. The molecule has 1 aliphatic rings. The Morgan fingerprint density at radius 3 is 2.32 bits per heavy atom. The van der Waals surface area contributed by atoms with Gasteiger partial charge in [-0.25, -0.2) is 0 Å². The van der Waals surface area contributed by atoms with Gasteiger partial charge in [-0.2, -0.15) is 15.0 Å². The Kier molecular flexibility index (Phi) is 4.04. The van der Waals surface area contributed by atoms with E-state index >= 15 is 0 Å². The van der Waals surface area contributed by atoms with E-state index in [1.165, 1.54) is 0 Å². The van der Waals surface area contributed by atoms with Crippen molar-refractivity contribution in [1.82, 2.24) is 15.0 Å². The molecule has 0 aliphatic carbocycles. The number of rotatable bonds is 3. The predicted octanol–water partition coefficient (Wildman–Crippen LogP) is 0.593. The average Bonchev–Trinajstić information content (AvgIpc) is 2.37. The topological polar surface area (TPSA) is 66.4 Å². The van der Waals surface area contributed by atoms with E-state index in [9.17, 15) is 0 Å². The normalized spacial score (nSPS) is 23.3. The minimum atomic E-state index is 0.182. The molecular weight excluding hydrogens is 244 g/mol. The van der Waals surface area contributed by atoms with Crippen molar-refractivity contribution in [2.24, 2.45) is 0 Å². The minimum Gasteiger partial charge on any atom is -0.372 e. The van der Waals surface area contributed by atoms with Gasteiger partial charge in [-0.3, -0.25) is 0 Å². The van der Waals surface area contributed by atoms with E-state index in [1.54, 1.807) is 0 Å². The first-order valence-electron chi connectivity index (χ1n) is 6.51. The van der Waals surface area contributed by atoms with Crippen LogP contribution in [-0.2, 0) is 4.74 Å². The summed E-state index contributed by atoms with van der Waals surface area (Å²) >= 11 is 0. The fourth-order valence-corrected chi connectivity index (χ4v) is 2.15. The molecule has 2 atom stereocenters. The van der Waals surface area contributed by atoms with Crippen LogP contribution in [0.2, 0.25) is 0 Å². The number of nitrogens with one attached hydrogen (secondary N) is 1. The van der Waals surface area contributed by atoms with Gasteiger partial charge < -0.3 is 19.9 Å². The summed E-state index contributed by atoms with van der Waals surface area (Å²) in [5.41, 5.74) is 0. The molecule has 0 saturated carbocycles. The molecule has 19 heavy (non-hydrogen) atoms. The third-order valence-electron chi connectivity index (χ3n) is 2.94. The Balaban J connectivity index is 2.30. The van der Waals surface area contributed by atoms with Crippen LogP contribution in [0.4, 0.5) is 17.8 Å². The maximum atomic E-state index is 5.73. The van der Waals surface area contributed by atoms with Crippen LogP contribution >= 0.6 is 0 Å². The van der Waals surface area contributed by atoms with Crippen molar-refractivity contribution in [3.63, 3.8) is 0 Å². The molecule has 0 amide bonds. The molecule has 1 fully saturated rings. The van der Waals surface area contributed by atoms with Crippen molar-refractivity contribution in [2.45, 2.75) is 26.1 Å². The van der Waals surface area contributed by atoms with Crippen molar-refractivity contribution in [1.29, 1.82) is 0 Å². The molecule has 1 aromatic heterocycles. The lowest BCUT2D eigenvalue weighted by Gasteiger charge is -2.35. The number of hydrogen-bond donors (Lipinski definition) is 1. The zero-order chi connectivity index (χ0) is 14.0. The van der Waals surface area contributed by atoms with Gasteiger partial charge in [-0.15, -0.1) is 0 Å². The first-order valence-corrected chi connectivity index (χ1v) is 6.51. The number of morpholine rings is 1. The van der Waals surface area contributed by atoms with E-state index in [1.807, 2.05) is 26.0 Å². The van der Waals surface area contributed by atoms with Crippen molar-refractivity contribution in [3.8, 4) is 0 Å². The number of hydrogen-bond acceptors (Lipinski definition) is 7. The predicted molar refractivity (Wildman–Crippen MR) is 75.9 cm³/mol. The standard InChI is InChI=1S/C12H22N6O/c1-8-6-18(7-9(2)19-8)12-15-10(13-3)14-11(16-12)17(4)5/h8-9H,6-7H2,1-5H3,(H,13,14,15,16)/t8-,9+. The summed E-state index contributed by atoms with van der Waals surface area (Å²) < 4.78 is 5.73. The Bertz CT molecular complexity index is 428. The first-order chi connectivity index (χ1) is 8.99. The van der Waals surface area contributed by atoms with E-state index in [0.29, 0.717) is 17.8 Å². The van der Waals surface area contributed by atoms with Gasteiger partial charge in [0, 0.05) is 34.2 Å². The third kappa shape index (κ3) is 3.23. The largest absolute Gasteiger partial charge is 0.372 e. The zero-order valence-corrected chi connectivity index (χ0v) is 12.2. The summed E-state index contributed by atoms with van der Waals surface area (Å²) in [5.74, 6) is 1.94. The Labute approximate surface area is 114 Å². The molecule has 1 N–H and O–H groups in total. The molecule has 1 aromatic rings. The maximum Gasteiger partial charge on any atom is 0.232 e. The molecule has 2 heterocycles. The molecule has 7 nitrogen and oxygen atoms in total. The summed E-state index contributed by atoms with van der Waals surface area (Å²) in [4.78, 5) is 17.3. The highest BCUT2D eigenvalue weighted by atomic mass is 16.5. The van der Waals surface area contributed by atoms with Gasteiger partial charge in [0.05, 0.1) is 12.2 Å². The maximum absolute atomic E-state index is 5.73. The first kappa shape index (κ1) is 13.8. The number of aromatic nitrogens is 3. The lowest BCUT2D eigenvalue weighted by atomic mass is 10.2. The zero-order valence-electron chi connectivity index (χ0n) is 12.2. The van der Waals surface area contributed by atoms with E-state index in [4.69, 9.17) is 4.74 Å². The van der Waals surface area contributed by atoms with Gasteiger partial charge in [-0.05, 0) is 13.8 Å². The lowest BCUT2D eigenvalue weighted by molar-refractivity contribution is -0.00571. The van der Waals surface area contributed by atoms with Crippen LogP contribution in [0.25, 0.3) is 0 Å². The average molecular weight is 266 g/mol. The van der Waals surface area contributed by atoms with Crippen LogP contribution in [0.15, 0.2) is 0 Å². The molecule has 0 bridgehead atoms. The molecule has 0 radical (unpaired) electrons. The Morgan fingerprint density at radius 2 is 1.79 bits per heavy atom. The van der Waals surface area contributed by atoms with Gasteiger partial charge in [-0.1, -0.05) is 0 Å². The number of ether oxygens (including phenoxy) is 1. The smallest absolute Gasteiger partial charge is 0.232 e. The van der Waals surface area contributed by atoms with Gasteiger partial charge in [0.1, 0.15) is 0 Å². The van der Waals surface area contributed by atoms with Gasteiger partial charge in [0.25, 0.3) is 0 Å². The summed E-state index contributed by atoms with van der Waals surface area (Å²) in [5, 5.41) is 2.98. The highest BCUT2D eigenvalue weighted by Crippen LogP contribution is 2.19. The van der Waals surface area contributed by atoms with Gasteiger partial charge in [0.15, 0.2) is 0 Å². The molecule has 106 valence electrons. The minimum absolute atomic E-state index is 0.182. The fourth-order valence-electron chi connectivity index (χ4n) is 2.15. The van der Waals surface area contributed by atoms with Crippen LogP contribution in [0.5, 0.6) is 0 Å². The van der Waals surface area contributed by atoms with Crippen molar-refractivity contribution < 1.29 is 4.74 Å². The second kappa shape index (κ2) is 5.56. The summed E-state index contributed by atoms with van der Waals surface area (Å²) in [6.45, 7) is 5.72. The monoisotopic (exact) mass is 266 g/mol. The Morgan fingerprint density at radius 1 is 1.16 bits per heavy atom. The second-order valence-electron chi connectivity index (χ2n) is 5.07. The quantitative estimate of drug-likeness (QED) is 0.859. The van der Waals surface area contributed by atoms with E-state index in [-0.39, 0.29) is 12.2 Å². The highest BCUT2D eigenvalue weighted by Gasteiger charge is 2.25. The lowest BCUT2D eigenvalue weighted by Crippen LogP contribution is -2.46. The van der Waals surface area contributed by atoms with Crippen molar-refractivity contribution in [2.75, 3.05) is 49.3 Å². The van der Waals surface area contributed by atoms with Crippen molar-refractivity contribution in [3.05, 3.63) is 0 Å². The van der Waals surface area contributed by atoms with Crippen LogP contribution in [0.3, 0.4) is 0 Å². The third-order valence-corrected chi connectivity index (χ3v) is 2.94. The highest BCUT2D eigenvalue weighted by molar-refractivity contribution is 5.44. The molecular formula is C12H22N6O. The molecule has 1 aliphatic heterocycles. The molecule has 0 spiro atoms. The summed E-state index contributed by atoms with van der Waals surface area (Å²) in [7, 11) is 5.65. The van der Waals surface area contributed by atoms with Crippen LogP contribution in [-0.4, -0.2) is 61.4 Å².